The Kier molecular flexibility index (Phi) is 7.65. The fraction of sp³-hybridized carbons (Fsp3) is 0.227. The summed E-state index contributed by atoms with van der Waals surface area (Å²) >= 11 is 5.99. The van der Waals surface area contributed by atoms with Crippen molar-refractivity contribution in [2.45, 2.75) is 25.6 Å². The van der Waals surface area contributed by atoms with Gasteiger partial charge in [0, 0.05) is 24.2 Å². The fourth-order valence-electron chi connectivity index (χ4n) is 4.01. The molecule has 1 unspecified atom stereocenters. The predicted octanol–water partition coefficient (Wildman–Crippen LogP) is 3.82. The van der Waals surface area contributed by atoms with Crippen molar-refractivity contribution in [2.75, 3.05) is 6.61 Å². The molecule has 0 aliphatic carbocycles. The van der Waals surface area contributed by atoms with Gasteiger partial charge < -0.3 is 9.94 Å². The average Bonchev–Trinajstić information content (AvgIpc) is 3.70. The molecule has 4 aromatic heterocycles. The van der Waals surface area contributed by atoms with Gasteiger partial charge in [0.15, 0.2) is 12.0 Å². The van der Waals surface area contributed by atoms with Crippen molar-refractivity contribution in [1.29, 1.82) is 0 Å². The van der Waals surface area contributed by atoms with Crippen LogP contribution in [0.1, 0.15) is 24.7 Å². The summed E-state index contributed by atoms with van der Waals surface area (Å²) in [5, 5.41) is 35.1. The van der Waals surface area contributed by atoms with Crippen LogP contribution < -0.4 is 4.73 Å². The summed E-state index contributed by atoms with van der Waals surface area (Å²) < 4.78 is 73.9. The summed E-state index contributed by atoms with van der Waals surface area (Å²) in [5.41, 5.74) is 0.668. The van der Waals surface area contributed by atoms with E-state index in [1.807, 2.05) is 0 Å². The monoisotopic (exact) mass is 582 g/mol. The van der Waals surface area contributed by atoms with Crippen LogP contribution in [0.4, 0.5) is 22.0 Å². The van der Waals surface area contributed by atoms with Crippen LogP contribution in [0.15, 0.2) is 55.4 Å². The van der Waals surface area contributed by atoms with Crippen LogP contribution in [0.2, 0.25) is 5.02 Å². The van der Waals surface area contributed by atoms with Crippen molar-refractivity contribution < 1.29 is 31.4 Å². The molecule has 0 bridgehead atoms. The van der Waals surface area contributed by atoms with E-state index in [-0.39, 0.29) is 45.2 Å². The highest BCUT2D eigenvalue weighted by atomic mass is 35.5. The lowest BCUT2D eigenvalue weighted by molar-refractivity contribution is -0.615. The van der Waals surface area contributed by atoms with E-state index in [4.69, 9.17) is 11.6 Å². The number of hydrogen-bond donors (Lipinski definition) is 0. The van der Waals surface area contributed by atoms with Crippen LogP contribution in [0.3, 0.4) is 0 Å². The van der Waals surface area contributed by atoms with Gasteiger partial charge in [0.2, 0.25) is 5.69 Å². The number of ether oxygens (including phenoxy) is 1. The quantitative estimate of drug-likeness (QED) is 0.138. The normalized spacial score (nSPS) is 12.5. The van der Waals surface area contributed by atoms with E-state index >= 15 is 4.39 Å². The van der Waals surface area contributed by atoms with E-state index in [1.54, 1.807) is 0 Å². The van der Waals surface area contributed by atoms with Crippen LogP contribution >= 0.6 is 11.6 Å². The third kappa shape index (κ3) is 5.46. The lowest BCUT2D eigenvalue weighted by atomic mass is 10.0. The Bertz CT molecular complexity index is 1610. The zero-order valence-electron chi connectivity index (χ0n) is 19.9. The van der Waals surface area contributed by atoms with Gasteiger partial charge in [-0.3, -0.25) is 4.68 Å². The molecular weight excluding hydrogens is 567 g/mol. The molecule has 208 valence electrons. The van der Waals surface area contributed by atoms with Crippen LogP contribution in [0, 0.1) is 11.0 Å². The second-order valence-electron chi connectivity index (χ2n) is 8.18. The summed E-state index contributed by atoms with van der Waals surface area (Å²) in [6, 6.07) is 4.64. The van der Waals surface area contributed by atoms with E-state index in [1.165, 1.54) is 52.4 Å². The molecule has 1 aromatic carbocycles. The minimum Gasteiger partial charge on any atom is -0.618 e. The van der Waals surface area contributed by atoms with E-state index in [0.717, 1.165) is 12.4 Å². The highest BCUT2D eigenvalue weighted by Crippen LogP contribution is 2.33. The van der Waals surface area contributed by atoms with Gasteiger partial charge >= 0.3 is 13.2 Å². The molecule has 0 saturated heterocycles. The summed E-state index contributed by atoms with van der Waals surface area (Å²) in [6.45, 7) is -6.40. The molecule has 0 amide bonds. The lowest BCUT2D eigenvalue weighted by Crippen LogP contribution is -2.36. The Labute approximate surface area is 225 Å². The number of nitrogens with zero attached hydrogens (tertiary/aromatic N) is 10. The van der Waals surface area contributed by atoms with Gasteiger partial charge in [-0.1, -0.05) is 16.8 Å². The standard InChI is InChI=1S/C22H16ClF5N10O2/c23-14-2-4-18(37-11-29-32-34-37)19(20(14)24)12-1-3-17(38(39)9-12)16(5-6-40-22(27)28)35-8-13(7-30-35)15-10-36(21(25)26)33-31-15/h1-4,7-11,16,21-22H,5-6H2. The topological polar surface area (TPSA) is 128 Å². The smallest absolute Gasteiger partial charge is 0.345 e. The van der Waals surface area contributed by atoms with Crippen molar-refractivity contribution in [3.63, 3.8) is 0 Å². The molecule has 0 N–H and O–H groups in total. The number of hydrogen-bond acceptors (Lipinski definition) is 8. The molecule has 0 saturated carbocycles. The lowest BCUT2D eigenvalue weighted by Gasteiger charge is -2.18. The van der Waals surface area contributed by atoms with Gasteiger partial charge in [-0.2, -0.15) is 36.8 Å². The molecule has 0 fully saturated rings. The zero-order chi connectivity index (χ0) is 28.4. The second-order valence-corrected chi connectivity index (χ2v) is 8.59. The Hall–Kier alpha value is -4.51. The minimum atomic E-state index is -3.05. The number of rotatable bonds is 10. The van der Waals surface area contributed by atoms with E-state index in [0.29, 0.717) is 9.41 Å². The highest BCUT2D eigenvalue weighted by Gasteiger charge is 2.26. The van der Waals surface area contributed by atoms with Gasteiger partial charge in [0.25, 0.3) is 0 Å². The Balaban J connectivity index is 1.52. The molecular formula is C22H16ClF5N10O2. The molecule has 1 atom stereocenters. The number of tetrazole rings is 1. The average molecular weight is 583 g/mol. The van der Waals surface area contributed by atoms with Gasteiger partial charge in [-0.05, 0) is 28.6 Å². The zero-order valence-corrected chi connectivity index (χ0v) is 20.7. The van der Waals surface area contributed by atoms with Crippen LogP contribution in [0.5, 0.6) is 0 Å². The van der Waals surface area contributed by atoms with Gasteiger partial charge in [-0.25, -0.2) is 4.39 Å². The number of halogens is 6. The number of aromatic nitrogens is 10. The largest absolute Gasteiger partial charge is 0.618 e. The molecule has 5 aromatic rings. The van der Waals surface area contributed by atoms with E-state index in [2.05, 4.69) is 35.7 Å². The summed E-state index contributed by atoms with van der Waals surface area (Å²) in [5.74, 6) is -0.821. The number of alkyl halides is 4. The maximum atomic E-state index is 15.2. The van der Waals surface area contributed by atoms with Gasteiger partial charge in [0.05, 0.1) is 40.8 Å². The van der Waals surface area contributed by atoms with Crippen LogP contribution in [-0.2, 0) is 4.74 Å². The van der Waals surface area contributed by atoms with Crippen LogP contribution in [-0.4, -0.2) is 58.2 Å². The van der Waals surface area contributed by atoms with Crippen LogP contribution in [0.25, 0.3) is 28.1 Å². The summed E-state index contributed by atoms with van der Waals surface area (Å²) in [7, 11) is 0. The van der Waals surface area contributed by atoms with Gasteiger partial charge in [0.1, 0.15) is 18.1 Å². The van der Waals surface area contributed by atoms with E-state index < -0.39 is 31.6 Å². The number of pyridine rings is 1. The molecule has 40 heavy (non-hydrogen) atoms. The Morgan fingerprint density at radius 3 is 2.52 bits per heavy atom. The maximum absolute atomic E-state index is 15.2. The Morgan fingerprint density at radius 2 is 1.85 bits per heavy atom. The van der Waals surface area contributed by atoms with E-state index in [9.17, 15) is 22.8 Å². The highest BCUT2D eigenvalue weighted by molar-refractivity contribution is 6.31. The molecule has 4 heterocycles. The molecule has 0 aliphatic heterocycles. The van der Waals surface area contributed by atoms with Crippen molar-refractivity contribution in [3.05, 3.63) is 77.1 Å². The first-order chi connectivity index (χ1) is 19.2. The molecule has 18 heteroatoms. The summed E-state index contributed by atoms with van der Waals surface area (Å²) in [4.78, 5) is 0. The van der Waals surface area contributed by atoms with Crippen molar-refractivity contribution in [3.8, 4) is 28.1 Å². The maximum Gasteiger partial charge on any atom is 0.345 e. The first-order valence-corrected chi connectivity index (χ1v) is 11.7. The van der Waals surface area contributed by atoms with Crippen molar-refractivity contribution in [2.24, 2.45) is 0 Å². The SMILES string of the molecule is [O-][n+]1cc(-c2c(-n3cnnn3)ccc(Cl)c2F)ccc1C(CCOC(F)F)n1cc(-c2cn(C(F)F)nn2)cn1. The predicted molar refractivity (Wildman–Crippen MR) is 126 cm³/mol. The van der Waals surface area contributed by atoms with Gasteiger partial charge in [-0.15, -0.1) is 10.2 Å². The third-order valence-electron chi connectivity index (χ3n) is 5.81. The number of benzene rings is 1. The summed E-state index contributed by atoms with van der Waals surface area (Å²) in [6.07, 6.45) is 5.89. The molecule has 0 radical (unpaired) electrons. The Morgan fingerprint density at radius 1 is 1.02 bits per heavy atom. The fourth-order valence-corrected chi connectivity index (χ4v) is 4.16. The second kappa shape index (κ2) is 11.3. The van der Waals surface area contributed by atoms with Crippen molar-refractivity contribution >= 4 is 11.6 Å². The molecule has 0 spiro atoms. The first kappa shape index (κ1) is 27.1. The molecule has 5 rings (SSSR count). The third-order valence-corrected chi connectivity index (χ3v) is 6.10. The minimum absolute atomic E-state index is 0.0407. The molecule has 12 nitrogen and oxygen atoms in total. The van der Waals surface area contributed by atoms with Crippen molar-refractivity contribution in [1.82, 2.24) is 45.0 Å². The first-order valence-electron chi connectivity index (χ1n) is 11.3. The molecule has 0 aliphatic rings.